The molecular weight excluding hydrogens is 407 g/mol. The van der Waals surface area contributed by atoms with Crippen LogP contribution in [0.5, 0.6) is 5.75 Å². The van der Waals surface area contributed by atoms with E-state index in [4.69, 9.17) is 14.2 Å². The minimum absolute atomic E-state index is 0.0409. The highest BCUT2D eigenvalue weighted by Gasteiger charge is 2.33. The third-order valence-corrected chi connectivity index (χ3v) is 4.85. The number of benzene rings is 1. The van der Waals surface area contributed by atoms with E-state index in [9.17, 15) is 14.0 Å². The normalized spacial score (nSPS) is 15.7. The number of carbonyl (C=O) groups is 2. The number of nitrogens with zero attached hydrogens (tertiary/aromatic N) is 3. The van der Waals surface area contributed by atoms with Crippen molar-refractivity contribution >= 4 is 17.7 Å². The second kappa shape index (κ2) is 9.69. The summed E-state index contributed by atoms with van der Waals surface area (Å²) in [4.78, 5) is 33.8. The first-order valence-corrected chi connectivity index (χ1v) is 9.75. The summed E-state index contributed by atoms with van der Waals surface area (Å²) in [5.41, 5.74) is 3.32. The summed E-state index contributed by atoms with van der Waals surface area (Å²) < 4.78 is 30.1. The van der Waals surface area contributed by atoms with Crippen molar-refractivity contribution in [1.82, 2.24) is 15.3 Å². The first-order chi connectivity index (χ1) is 14.8. The highest BCUT2D eigenvalue weighted by atomic mass is 19.1. The van der Waals surface area contributed by atoms with Crippen LogP contribution in [0.2, 0.25) is 0 Å². The molecule has 1 N–H and O–H groups in total. The summed E-state index contributed by atoms with van der Waals surface area (Å²) in [5, 5.41) is 2.61. The largest absolute Gasteiger partial charge is 0.484 e. The SMILES string of the molecule is COCC(=O)NC[C@H]1CN(c2ccc(OCc3nc(C)c(C)nc3C)c(F)c2)C(=O)O1. The molecule has 1 saturated heterocycles. The quantitative estimate of drug-likeness (QED) is 0.682. The van der Waals surface area contributed by atoms with Crippen LogP contribution in [0.1, 0.15) is 22.8 Å². The third-order valence-electron chi connectivity index (χ3n) is 4.85. The second-order valence-corrected chi connectivity index (χ2v) is 7.18. The zero-order valence-electron chi connectivity index (χ0n) is 17.9. The molecule has 3 rings (SSSR count). The maximum absolute atomic E-state index is 14.6. The van der Waals surface area contributed by atoms with Crippen LogP contribution in [0.15, 0.2) is 18.2 Å². The number of hydrogen-bond acceptors (Lipinski definition) is 7. The van der Waals surface area contributed by atoms with Crippen molar-refractivity contribution in [2.24, 2.45) is 0 Å². The summed E-state index contributed by atoms with van der Waals surface area (Å²) in [6.07, 6.45) is -1.15. The summed E-state index contributed by atoms with van der Waals surface area (Å²) >= 11 is 0. The van der Waals surface area contributed by atoms with Crippen LogP contribution in [0.3, 0.4) is 0 Å². The van der Waals surface area contributed by atoms with Crippen LogP contribution in [0, 0.1) is 26.6 Å². The van der Waals surface area contributed by atoms with Crippen molar-refractivity contribution < 1.29 is 28.2 Å². The Labute approximate surface area is 179 Å². The molecule has 0 bridgehead atoms. The topological polar surface area (TPSA) is 103 Å². The maximum atomic E-state index is 14.6. The first-order valence-electron chi connectivity index (χ1n) is 9.75. The Kier molecular flexibility index (Phi) is 7.01. The van der Waals surface area contributed by atoms with Crippen LogP contribution >= 0.6 is 0 Å². The van der Waals surface area contributed by atoms with Crippen LogP contribution in [-0.4, -0.2) is 54.9 Å². The minimum atomic E-state index is -0.614. The molecule has 31 heavy (non-hydrogen) atoms. The molecule has 1 fully saturated rings. The number of rotatable bonds is 8. The molecule has 9 nitrogen and oxygen atoms in total. The molecule has 0 spiro atoms. The Morgan fingerprint density at radius 2 is 2.00 bits per heavy atom. The number of halogens is 1. The van der Waals surface area contributed by atoms with Crippen molar-refractivity contribution in [1.29, 1.82) is 0 Å². The van der Waals surface area contributed by atoms with Gasteiger partial charge in [0.15, 0.2) is 11.6 Å². The predicted molar refractivity (Wildman–Crippen MR) is 109 cm³/mol. The van der Waals surface area contributed by atoms with E-state index in [1.54, 1.807) is 6.07 Å². The molecule has 1 atom stereocenters. The molecule has 1 aromatic heterocycles. The van der Waals surface area contributed by atoms with Crippen molar-refractivity contribution in [2.75, 3.05) is 31.7 Å². The average molecular weight is 432 g/mol. The number of hydrogen-bond donors (Lipinski definition) is 1. The van der Waals surface area contributed by atoms with Gasteiger partial charge in [0, 0.05) is 13.2 Å². The zero-order chi connectivity index (χ0) is 22.5. The summed E-state index contributed by atoms with van der Waals surface area (Å²) in [5.74, 6) is -0.885. The summed E-state index contributed by atoms with van der Waals surface area (Å²) in [6.45, 7) is 5.87. The van der Waals surface area contributed by atoms with Crippen LogP contribution in [-0.2, 0) is 20.9 Å². The molecule has 0 radical (unpaired) electrons. The number of aryl methyl sites for hydroxylation is 3. The van der Waals surface area contributed by atoms with Crippen LogP contribution in [0.4, 0.5) is 14.9 Å². The number of amides is 2. The molecule has 2 amide bonds. The monoisotopic (exact) mass is 432 g/mol. The summed E-state index contributed by atoms with van der Waals surface area (Å²) in [7, 11) is 1.41. The van der Waals surface area contributed by atoms with E-state index in [1.165, 1.54) is 24.1 Å². The number of ether oxygens (including phenoxy) is 3. The first kappa shape index (κ1) is 22.4. The van der Waals surface area contributed by atoms with E-state index in [2.05, 4.69) is 15.3 Å². The van der Waals surface area contributed by atoms with E-state index in [0.717, 1.165) is 17.1 Å². The lowest BCUT2D eigenvalue weighted by atomic mass is 10.2. The fourth-order valence-corrected chi connectivity index (χ4v) is 3.07. The van der Waals surface area contributed by atoms with Gasteiger partial charge < -0.3 is 19.5 Å². The Morgan fingerprint density at radius 3 is 2.71 bits per heavy atom. The van der Waals surface area contributed by atoms with E-state index >= 15 is 0 Å². The lowest BCUT2D eigenvalue weighted by Gasteiger charge is -2.15. The fourth-order valence-electron chi connectivity index (χ4n) is 3.07. The van der Waals surface area contributed by atoms with Gasteiger partial charge in [0.2, 0.25) is 5.91 Å². The third kappa shape index (κ3) is 5.46. The van der Waals surface area contributed by atoms with Gasteiger partial charge in [-0.05, 0) is 32.9 Å². The van der Waals surface area contributed by atoms with Gasteiger partial charge in [0.1, 0.15) is 19.3 Å². The van der Waals surface area contributed by atoms with E-state index in [1.807, 2.05) is 20.8 Å². The fraction of sp³-hybridized carbons (Fsp3) is 0.429. The Hall–Kier alpha value is -3.27. The smallest absolute Gasteiger partial charge is 0.414 e. The Balaban J connectivity index is 1.62. The average Bonchev–Trinajstić information content (AvgIpc) is 3.10. The molecule has 10 heteroatoms. The van der Waals surface area contributed by atoms with Crippen molar-refractivity contribution in [2.45, 2.75) is 33.5 Å². The molecule has 2 aromatic rings. The number of nitrogens with one attached hydrogen (secondary N) is 1. The standard InChI is InChI=1S/C21H25FN4O5/c1-12-13(2)25-18(14(3)24-12)10-30-19-6-5-15(7-17(19)22)26-9-16(31-21(26)28)8-23-20(27)11-29-4/h5-7,16H,8-11H2,1-4H3,(H,23,27)/t16-/m0/s1. The summed E-state index contributed by atoms with van der Waals surface area (Å²) in [6, 6.07) is 4.24. The molecule has 0 saturated carbocycles. The van der Waals surface area contributed by atoms with Crippen LogP contribution < -0.4 is 15.0 Å². The lowest BCUT2D eigenvalue weighted by molar-refractivity contribution is -0.125. The van der Waals surface area contributed by atoms with Gasteiger partial charge >= 0.3 is 6.09 Å². The number of carbonyl (C=O) groups excluding carboxylic acids is 2. The molecule has 0 unspecified atom stereocenters. The van der Waals surface area contributed by atoms with Crippen molar-refractivity contribution in [3.05, 3.63) is 46.8 Å². The Morgan fingerprint density at radius 1 is 1.26 bits per heavy atom. The molecule has 1 aliphatic rings. The molecule has 166 valence electrons. The van der Waals surface area contributed by atoms with Gasteiger partial charge in [0.25, 0.3) is 0 Å². The van der Waals surface area contributed by atoms with Gasteiger partial charge in [-0.1, -0.05) is 0 Å². The molecule has 1 aliphatic heterocycles. The molecule has 1 aromatic carbocycles. The second-order valence-electron chi connectivity index (χ2n) is 7.18. The molecule has 0 aliphatic carbocycles. The van der Waals surface area contributed by atoms with E-state index in [0.29, 0.717) is 11.4 Å². The number of cyclic esters (lactones) is 1. The van der Waals surface area contributed by atoms with E-state index in [-0.39, 0.29) is 38.0 Å². The number of aromatic nitrogens is 2. The van der Waals surface area contributed by atoms with Crippen LogP contribution in [0.25, 0.3) is 0 Å². The highest BCUT2D eigenvalue weighted by Crippen LogP contribution is 2.27. The van der Waals surface area contributed by atoms with Gasteiger partial charge in [0.05, 0.1) is 41.6 Å². The Bertz CT molecular complexity index is 984. The van der Waals surface area contributed by atoms with Gasteiger partial charge in [-0.15, -0.1) is 0 Å². The van der Waals surface area contributed by atoms with Gasteiger partial charge in [-0.3, -0.25) is 19.7 Å². The lowest BCUT2D eigenvalue weighted by Crippen LogP contribution is -2.36. The molecular formula is C21H25FN4O5. The highest BCUT2D eigenvalue weighted by molar-refractivity contribution is 5.90. The number of anilines is 1. The van der Waals surface area contributed by atoms with Gasteiger partial charge in [-0.25, -0.2) is 9.18 Å². The molecule has 2 heterocycles. The zero-order valence-corrected chi connectivity index (χ0v) is 17.9. The van der Waals surface area contributed by atoms with Gasteiger partial charge in [-0.2, -0.15) is 0 Å². The predicted octanol–water partition coefficient (Wildman–Crippen LogP) is 2.21. The van der Waals surface area contributed by atoms with Crippen molar-refractivity contribution in [3.63, 3.8) is 0 Å². The maximum Gasteiger partial charge on any atom is 0.414 e. The number of methoxy groups -OCH3 is 1. The van der Waals surface area contributed by atoms with Crippen molar-refractivity contribution in [3.8, 4) is 5.75 Å². The minimum Gasteiger partial charge on any atom is -0.484 e. The van der Waals surface area contributed by atoms with E-state index < -0.39 is 18.0 Å².